The fourth-order valence-corrected chi connectivity index (χ4v) is 1.68. The zero-order valence-electron chi connectivity index (χ0n) is 9.35. The van der Waals surface area contributed by atoms with Crippen LogP contribution in [0.25, 0.3) is 10.8 Å². The molecule has 0 saturated carbocycles. The predicted octanol–water partition coefficient (Wildman–Crippen LogP) is 2.55. The van der Waals surface area contributed by atoms with Gasteiger partial charge in [0, 0.05) is 24.0 Å². The number of halogens is 1. The first-order valence-corrected chi connectivity index (χ1v) is 5.29. The monoisotopic (exact) mass is 250 g/mol. The SMILES string of the molecule is Cl.NCCC(=O)Nc1cccc2ccccc12. The van der Waals surface area contributed by atoms with E-state index in [0.29, 0.717) is 13.0 Å². The third-order valence-electron chi connectivity index (χ3n) is 2.44. The van der Waals surface area contributed by atoms with E-state index in [1.807, 2.05) is 42.5 Å². The van der Waals surface area contributed by atoms with Gasteiger partial charge in [-0.05, 0) is 11.5 Å². The molecule has 0 radical (unpaired) electrons. The number of anilines is 1. The lowest BCUT2D eigenvalue weighted by molar-refractivity contribution is -0.116. The lowest BCUT2D eigenvalue weighted by Crippen LogP contribution is -2.16. The summed E-state index contributed by atoms with van der Waals surface area (Å²) in [5.41, 5.74) is 6.18. The molecule has 17 heavy (non-hydrogen) atoms. The summed E-state index contributed by atoms with van der Waals surface area (Å²) in [6.45, 7) is 0.372. The van der Waals surface area contributed by atoms with Crippen LogP contribution in [0.15, 0.2) is 42.5 Å². The molecule has 3 N–H and O–H groups in total. The maximum absolute atomic E-state index is 11.5. The first-order chi connectivity index (χ1) is 7.81. The van der Waals surface area contributed by atoms with Crippen molar-refractivity contribution in [2.24, 2.45) is 5.73 Å². The van der Waals surface area contributed by atoms with E-state index in [9.17, 15) is 4.79 Å². The van der Waals surface area contributed by atoms with Gasteiger partial charge in [0.1, 0.15) is 0 Å². The van der Waals surface area contributed by atoms with Crippen LogP contribution in [0, 0.1) is 0 Å². The van der Waals surface area contributed by atoms with Gasteiger partial charge in [0.2, 0.25) is 5.91 Å². The fraction of sp³-hybridized carbons (Fsp3) is 0.154. The van der Waals surface area contributed by atoms with E-state index in [4.69, 9.17) is 5.73 Å². The quantitative estimate of drug-likeness (QED) is 0.880. The number of carbonyl (C=O) groups is 1. The number of nitrogens with one attached hydrogen (secondary N) is 1. The van der Waals surface area contributed by atoms with Crippen molar-refractivity contribution in [1.29, 1.82) is 0 Å². The molecule has 1 amide bonds. The van der Waals surface area contributed by atoms with Crippen LogP contribution >= 0.6 is 12.4 Å². The van der Waals surface area contributed by atoms with Crippen molar-refractivity contribution in [3.05, 3.63) is 42.5 Å². The van der Waals surface area contributed by atoms with Crippen molar-refractivity contribution in [2.45, 2.75) is 6.42 Å². The molecule has 0 saturated heterocycles. The van der Waals surface area contributed by atoms with Crippen LogP contribution in [0.4, 0.5) is 5.69 Å². The van der Waals surface area contributed by atoms with Gasteiger partial charge in [0.15, 0.2) is 0 Å². The average molecular weight is 251 g/mol. The highest BCUT2D eigenvalue weighted by molar-refractivity contribution is 6.02. The fourth-order valence-electron chi connectivity index (χ4n) is 1.68. The molecule has 2 rings (SSSR count). The van der Waals surface area contributed by atoms with Crippen LogP contribution in [0.5, 0.6) is 0 Å². The third-order valence-corrected chi connectivity index (χ3v) is 2.44. The minimum absolute atomic E-state index is 0. The van der Waals surface area contributed by atoms with Gasteiger partial charge in [-0.1, -0.05) is 36.4 Å². The molecule has 0 fully saturated rings. The minimum atomic E-state index is -0.0427. The Balaban J connectivity index is 0.00000144. The number of fused-ring (bicyclic) bond motifs is 1. The highest BCUT2D eigenvalue weighted by Gasteiger charge is 2.03. The first kappa shape index (κ1) is 13.5. The van der Waals surface area contributed by atoms with Crippen LogP contribution in [-0.4, -0.2) is 12.5 Å². The van der Waals surface area contributed by atoms with Gasteiger partial charge in [0.05, 0.1) is 0 Å². The van der Waals surface area contributed by atoms with Crippen molar-refractivity contribution in [3.63, 3.8) is 0 Å². The predicted molar refractivity (Wildman–Crippen MR) is 73.5 cm³/mol. The second kappa shape index (κ2) is 6.23. The molecular formula is C13H15ClN2O. The minimum Gasteiger partial charge on any atom is -0.330 e. The molecule has 0 aliphatic heterocycles. The molecule has 0 aromatic heterocycles. The Hall–Kier alpha value is -1.58. The average Bonchev–Trinajstić information content (AvgIpc) is 2.30. The summed E-state index contributed by atoms with van der Waals surface area (Å²) in [6.07, 6.45) is 0.350. The van der Waals surface area contributed by atoms with Crippen LogP contribution in [0.3, 0.4) is 0 Å². The number of rotatable bonds is 3. The van der Waals surface area contributed by atoms with Gasteiger partial charge in [-0.2, -0.15) is 0 Å². The van der Waals surface area contributed by atoms with E-state index in [0.717, 1.165) is 16.5 Å². The van der Waals surface area contributed by atoms with Gasteiger partial charge in [-0.3, -0.25) is 4.79 Å². The Kier molecular flexibility index (Phi) is 4.94. The van der Waals surface area contributed by atoms with E-state index in [1.165, 1.54) is 0 Å². The third kappa shape index (κ3) is 3.19. The highest BCUT2D eigenvalue weighted by atomic mass is 35.5. The van der Waals surface area contributed by atoms with Crippen molar-refractivity contribution in [2.75, 3.05) is 11.9 Å². The van der Waals surface area contributed by atoms with E-state index < -0.39 is 0 Å². The molecule has 0 atom stereocenters. The Morgan fingerprint density at radius 1 is 1.12 bits per heavy atom. The number of carbonyl (C=O) groups excluding carboxylic acids is 1. The number of hydrogen-bond donors (Lipinski definition) is 2. The zero-order valence-corrected chi connectivity index (χ0v) is 10.2. The van der Waals surface area contributed by atoms with E-state index in [-0.39, 0.29) is 18.3 Å². The number of hydrogen-bond acceptors (Lipinski definition) is 2. The van der Waals surface area contributed by atoms with E-state index >= 15 is 0 Å². The maximum atomic E-state index is 11.5. The van der Waals surface area contributed by atoms with Gasteiger partial charge in [0.25, 0.3) is 0 Å². The highest BCUT2D eigenvalue weighted by Crippen LogP contribution is 2.22. The van der Waals surface area contributed by atoms with Crippen molar-refractivity contribution in [1.82, 2.24) is 0 Å². The van der Waals surface area contributed by atoms with Gasteiger partial charge in [-0.25, -0.2) is 0 Å². The summed E-state index contributed by atoms with van der Waals surface area (Å²) in [4.78, 5) is 11.5. The molecule has 2 aromatic carbocycles. The summed E-state index contributed by atoms with van der Waals surface area (Å²) in [7, 11) is 0. The Morgan fingerprint density at radius 2 is 1.82 bits per heavy atom. The Labute approximate surface area is 106 Å². The van der Waals surface area contributed by atoms with Gasteiger partial charge < -0.3 is 11.1 Å². The second-order valence-corrected chi connectivity index (χ2v) is 3.61. The van der Waals surface area contributed by atoms with Crippen LogP contribution in [0.1, 0.15) is 6.42 Å². The van der Waals surface area contributed by atoms with Gasteiger partial charge in [-0.15, -0.1) is 12.4 Å². The molecule has 0 aliphatic carbocycles. The van der Waals surface area contributed by atoms with Crippen molar-refractivity contribution < 1.29 is 4.79 Å². The normalized spacial score (nSPS) is 9.71. The van der Waals surface area contributed by atoms with Crippen LogP contribution in [0.2, 0.25) is 0 Å². The lowest BCUT2D eigenvalue weighted by atomic mass is 10.1. The summed E-state index contributed by atoms with van der Waals surface area (Å²) >= 11 is 0. The molecule has 0 unspecified atom stereocenters. The summed E-state index contributed by atoms with van der Waals surface area (Å²) in [6, 6.07) is 13.8. The topological polar surface area (TPSA) is 55.1 Å². The molecule has 3 nitrogen and oxygen atoms in total. The molecule has 90 valence electrons. The number of nitrogens with two attached hydrogens (primary N) is 1. The largest absolute Gasteiger partial charge is 0.330 e. The van der Waals surface area contributed by atoms with E-state index in [1.54, 1.807) is 0 Å². The van der Waals surface area contributed by atoms with Gasteiger partial charge >= 0.3 is 0 Å². The maximum Gasteiger partial charge on any atom is 0.225 e. The summed E-state index contributed by atoms with van der Waals surface area (Å²) in [5.74, 6) is -0.0427. The zero-order chi connectivity index (χ0) is 11.4. The Bertz CT molecular complexity index is 508. The molecule has 0 bridgehead atoms. The van der Waals surface area contributed by atoms with Crippen LogP contribution < -0.4 is 11.1 Å². The number of amides is 1. The van der Waals surface area contributed by atoms with Crippen LogP contribution in [-0.2, 0) is 4.79 Å². The standard InChI is InChI=1S/C13H14N2O.ClH/c14-9-8-13(16)15-12-7-3-5-10-4-1-2-6-11(10)12;/h1-7H,8-9,14H2,(H,15,16);1H. The molecule has 0 aliphatic rings. The smallest absolute Gasteiger partial charge is 0.225 e. The summed E-state index contributed by atoms with van der Waals surface area (Å²) in [5, 5.41) is 5.04. The molecule has 0 heterocycles. The first-order valence-electron chi connectivity index (χ1n) is 5.29. The second-order valence-electron chi connectivity index (χ2n) is 3.61. The molecular weight excluding hydrogens is 236 g/mol. The van der Waals surface area contributed by atoms with Crippen molar-refractivity contribution in [3.8, 4) is 0 Å². The van der Waals surface area contributed by atoms with Crippen molar-refractivity contribution >= 4 is 34.8 Å². The number of benzene rings is 2. The lowest BCUT2D eigenvalue weighted by Gasteiger charge is -2.07. The Morgan fingerprint density at radius 3 is 2.59 bits per heavy atom. The van der Waals surface area contributed by atoms with E-state index in [2.05, 4.69) is 5.32 Å². The molecule has 2 aromatic rings. The molecule has 0 spiro atoms. The molecule has 4 heteroatoms. The summed E-state index contributed by atoms with van der Waals surface area (Å²) < 4.78 is 0.